The van der Waals surface area contributed by atoms with Crippen LogP contribution in [0.5, 0.6) is 0 Å². The quantitative estimate of drug-likeness (QED) is 0.469. The second-order valence-electron chi connectivity index (χ2n) is 3.59. The van der Waals surface area contributed by atoms with Gasteiger partial charge in [-0.3, -0.25) is 0 Å². The highest BCUT2D eigenvalue weighted by Crippen LogP contribution is 2.35. The van der Waals surface area contributed by atoms with Crippen molar-refractivity contribution in [3.8, 4) is 0 Å². The highest BCUT2D eigenvalue weighted by atomic mass is 33.1. The molecule has 0 aliphatic carbocycles. The molecule has 0 bridgehead atoms. The van der Waals surface area contributed by atoms with Crippen LogP contribution in [0.25, 0.3) is 0 Å². The molecular weight excluding hydrogens is 272 g/mol. The highest BCUT2D eigenvalue weighted by molar-refractivity contribution is 8.76. The maximum atomic E-state index is 10.6. The van der Waals surface area contributed by atoms with Gasteiger partial charge in [0.15, 0.2) is 0 Å². The lowest BCUT2D eigenvalue weighted by atomic mass is 9.98. The van der Waals surface area contributed by atoms with Gasteiger partial charge in [-0.05, 0) is 30.2 Å². The van der Waals surface area contributed by atoms with Gasteiger partial charge >= 0.3 is 5.30 Å². The van der Waals surface area contributed by atoms with Gasteiger partial charge in [-0.25, -0.2) is 4.79 Å². The minimum Gasteiger partial charge on any atom is -0.458 e. The van der Waals surface area contributed by atoms with Crippen molar-refractivity contribution >= 4 is 39.5 Å². The Labute approximate surface area is 116 Å². The van der Waals surface area contributed by atoms with Crippen LogP contribution in [0.15, 0.2) is 29.2 Å². The molecule has 1 atom stereocenters. The predicted molar refractivity (Wildman–Crippen MR) is 79.2 cm³/mol. The Bertz CT molecular complexity index is 369. The van der Waals surface area contributed by atoms with Crippen LogP contribution >= 0.6 is 34.2 Å². The summed E-state index contributed by atoms with van der Waals surface area (Å²) in [6.07, 6.45) is 2.88. The number of carbonyl (C=O) groups is 1. The Morgan fingerprint density at radius 2 is 2.18 bits per heavy atom. The van der Waals surface area contributed by atoms with Crippen molar-refractivity contribution < 1.29 is 9.53 Å². The van der Waals surface area contributed by atoms with E-state index in [1.54, 1.807) is 21.6 Å². The summed E-state index contributed by atoms with van der Waals surface area (Å²) in [5, 5.41) is -0.510. The van der Waals surface area contributed by atoms with Crippen molar-refractivity contribution in [3.05, 3.63) is 29.8 Å². The maximum absolute atomic E-state index is 10.6. The minimum atomic E-state index is -0.510. The minimum absolute atomic E-state index is 0.374. The van der Waals surface area contributed by atoms with Gasteiger partial charge in [0.2, 0.25) is 0 Å². The van der Waals surface area contributed by atoms with E-state index in [-0.39, 0.29) is 0 Å². The topological polar surface area (TPSA) is 26.3 Å². The smallest absolute Gasteiger partial charge is 0.364 e. The van der Waals surface area contributed by atoms with E-state index in [9.17, 15) is 4.79 Å². The summed E-state index contributed by atoms with van der Waals surface area (Å²) in [7, 11) is 3.50. The van der Waals surface area contributed by atoms with E-state index in [0.29, 0.717) is 12.5 Å². The summed E-state index contributed by atoms with van der Waals surface area (Å²) >= 11 is 3.57. The standard InChI is InChI=1S/C12H16O2S3/c1-9(7-8-14-12(13)15)10-5-3-4-6-11(10)17-16-2/h3-6,9H,7-8H2,1-2H3,(H,13,15). The third-order valence-corrected chi connectivity index (χ3v) is 4.29. The van der Waals surface area contributed by atoms with Crippen molar-refractivity contribution in [2.75, 3.05) is 12.9 Å². The molecule has 17 heavy (non-hydrogen) atoms. The summed E-state index contributed by atoms with van der Waals surface area (Å²) in [6.45, 7) is 2.56. The molecular formula is C12H16O2S3. The molecule has 0 fully saturated rings. The number of thiol groups is 1. The van der Waals surface area contributed by atoms with Crippen molar-refractivity contribution in [2.45, 2.75) is 24.2 Å². The fourth-order valence-electron chi connectivity index (χ4n) is 1.53. The second kappa shape index (κ2) is 7.95. The molecule has 2 nitrogen and oxygen atoms in total. The van der Waals surface area contributed by atoms with E-state index in [4.69, 9.17) is 4.74 Å². The van der Waals surface area contributed by atoms with Gasteiger partial charge in [0.05, 0.1) is 6.61 Å². The van der Waals surface area contributed by atoms with Crippen LogP contribution in [0.4, 0.5) is 4.79 Å². The molecule has 0 amide bonds. The summed E-state index contributed by atoms with van der Waals surface area (Å²) in [4.78, 5) is 11.8. The Morgan fingerprint density at radius 1 is 1.47 bits per heavy atom. The normalized spacial score (nSPS) is 12.2. The van der Waals surface area contributed by atoms with Crippen LogP contribution in [0.3, 0.4) is 0 Å². The lowest BCUT2D eigenvalue weighted by molar-refractivity contribution is 0.171. The lowest BCUT2D eigenvalue weighted by Crippen LogP contribution is -2.03. The Kier molecular flexibility index (Phi) is 6.92. The first-order valence-electron chi connectivity index (χ1n) is 5.30. The molecule has 94 valence electrons. The third kappa shape index (κ3) is 5.27. The number of hydrogen-bond acceptors (Lipinski definition) is 4. The number of carbonyl (C=O) groups excluding carboxylic acids is 1. The Morgan fingerprint density at radius 3 is 2.82 bits per heavy atom. The average Bonchev–Trinajstić information content (AvgIpc) is 2.29. The fraction of sp³-hybridized carbons (Fsp3) is 0.417. The monoisotopic (exact) mass is 288 g/mol. The van der Waals surface area contributed by atoms with Gasteiger partial charge in [-0.1, -0.05) is 59.3 Å². The predicted octanol–water partition coefficient (Wildman–Crippen LogP) is 4.62. The van der Waals surface area contributed by atoms with E-state index < -0.39 is 5.30 Å². The maximum Gasteiger partial charge on any atom is 0.364 e. The van der Waals surface area contributed by atoms with Crippen LogP contribution in [0.2, 0.25) is 0 Å². The largest absolute Gasteiger partial charge is 0.458 e. The fourth-order valence-corrected chi connectivity index (χ4v) is 3.30. The second-order valence-corrected chi connectivity index (χ2v) is 6.40. The molecule has 0 aliphatic rings. The summed E-state index contributed by atoms with van der Waals surface area (Å²) in [5.74, 6) is 0.374. The van der Waals surface area contributed by atoms with Gasteiger partial charge in [0, 0.05) is 4.90 Å². The number of benzene rings is 1. The van der Waals surface area contributed by atoms with Crippen LogP contribution in [-0.2, 0) is 4.74 Å². The van der Waals surface area contributed by atoms with Crippen LogP contribution in [-0.4, -0.2) is 18.2 Å². The summed E-state index contributed by atoms with van der Waals surface area (Å²) in [6, 6.07) is 8.34. The molecule has 0 aliphatic heterocycles. The zero-order valence-corrected chi connectivity index (χ0v) is 12.4. The average molecular weight is 288 g/mol. The van der Waals surface area contributed by atoms with Crippen molar-refractivity contribution in [3.63, 3.8) is 0 Å². The van der Waals surface area contributed by atoms with Crippen LogP contribution < -0.4 is 0 Å². The SMILES string of the molecule is CSSc1ccccc1C(C)CCOC(=O)S. The molecule has 0 radical (unpaired) electrons. The first-order valence-corrected chi connectivity index (χ1v) is 8.31. The number of hydrogen-bond donors (Lipinski definition) is 1. The van der Waals surface area contributed by atoms with Gasteiger partial charge in [-0.2, -0.15) is 0 Å². The zero-order valence-electron chi connectivity index (χ0n) is 9.88. The van der Waals surface area contributed by atoms with E-state index in [2.05, 4.69) is 37.9 Å². The lowest BCUT2D eigenvalue weighted by Gasteiger charge is -2.15. The molecule has 1 rings (SSSR count). The van der Waals surface area contributed by atoms with E-state index in [1.165, 1.54) is 10.5 Å². The first-order chi connectivity index (χ1) is 8.15. The third-order valence-electron chi connectivity index (χ3n) is 2.40. The molecule has 5 heteroatoms. The summed E-state index contributed by atoms with van der Waals surface area (Å²) < 4.78 is 4.85. The molecule has 1 unspecified atom stereocenters. The van der Waals surface area contributed by atoms with Crippen molar-refractivity contribution in [1.29, 1.82) is 0 Å². The first kappa shape index (κ1) is 14.8. The molecule has 0 spiro atoms. The Hall–Kier alpha value is -0.260. The van der Waals surface area contributed by atoms with E-state index in [1.807, 2.05) is 12.1 Å². The van der Waals surface area contributed by atoms with E-state index >= 15 is 0 Å². The molecule has 1 aromatic rings. The van der Waals surface area contributed by atoms with Crippen molar-refractivity contribution in [2.24, 2.45) is 0 Å². The van der Waals surface area contributed by atoms with Crippen molar-refractivity contribution in [1.82, 2.24) is 0 Å². The molecule has 0 N–H and O–H groups in total. The molecule has 1 aromatic carbocycles. The van der Waals surface area contributed by atoms with Gasteiger partial charge in [-0.15, -0.1) is 0 Å². The number of ether oxygens (including phenoxy) is 1. The Balaban J connectivity index is 2.60. The van der Waals surface area contributed by atoms with Crippen LogP contribution in [0.1, 0.15) is 24.8 Å². The molecule has 0 saturated heterocycles. The summed E-state index contributed by atoms with van der Waals surface area (Å²) in [5.41, 5.74) is 1.31. The highest BCUT2D eigenvalue weighted by Gasteiger charge is 2.11. The van der Waals surface area contributed by atoms with E-state index in [0.717, 1.165) is 6.42 Å². The molecule has 0 aromatic heterocycles. The van der Waals surface area contributed by atoms with Gasteiger partial charge < -0.3 is 4.74 Å². The van der Waals surface area contributed by atoms with Crippen LogP contribution in [0, 0.1) is 0 Å². The number of rotatable bonds is 6. The van der Waals surface area contributed by atoms with Gasteiger partial charge in [0.1, 0.15) is 0 Å². The van der Waals surface area contributed by atoms with Gasteiger partial charge in [0.25, 0.3) is 0 Å². The molecule has 0 saturated carbocycles. The molecule has 0 heterocycles. The zero-order chi connectivity index (χ0) is 12.7.